The highest BCUT2D eigenvalue weighted by Gasteiger charge is 2.31. The Morgan fingerprint density at radius 3 is 3.04 bits per heavy atom. The molecule has 0 saturated carbocycles. The highest BCUT2D eigenvalue weighted by Crippen LogP contribution is 2.30. The molecule has 0 fully saturated rings. The molecular formula is C20H12N4O3S. The van der Waals surface area contributed by atoms with E-state index in [1.807, 2.05) is 30.3 Å². The van der Waals surface area contributed by atoms with Crippen LogP contribution in [0.25, 0.3) is 27.3 Å². The molecule has 3 aromatic heterocycles. The van der Waals surface area contributed by atoms with Crippen molar-refractivity contribution >= 4 is 56.4 Å². The van der Waals surface area contributed by atoms with E-state index in [0.717, 1.165) is 21.2 Å². The third-order valence-electron chi connectivity index (χ3n) is 4.40. The van der Waals surface area contributed by atoms with Crippen LogP contribution in [0.5, 0.6) is 0 Å². The highest BCUT2D eigenvalue weighted by atomic mass is 32.1. The van der Waals surface area contributed by atoms with Crippen molar-refractivity contribution in [1.29, 1.82) is 0 Å². The van der Waals surface area contributed by atoms with Gasteiger partial charge in [-0.05, 0) is 36.4 Å². The molecule has 0 amide bonds. The number of anilines is 1. The summed E-state index contributed by atoms with van der Waals surface area (Å²) >= 11 is 1.51. The zero-order chi connectivity index (χ0) is 19.1. The van der Waals surface area contributed by atoms with Crippen LogP contribution in [0.15, 0.2) is 65.5 Å². The first-order valence-corrected chi connectivity index (χ1v) is 9.27. The average molecular weight is 388 g/mol. The smallest absolute Gasteiger partial charge is 0.236 e. The maximum absolute atomic E-state index is 12.6. The third-order valence-corrected chi connectivity index (χ3v) is 5.19. The summed E-state index contributed by atoms with van der Waals surface area (Å²) in [6, 6.07) is 9.28. The quantitative estimate of drug-likeness (QED) is 0.315. The van der Waals surface area contributed by atoms with E-state index >= 15 is 0 Å². The number of ketones is 1. The van der Waals surface area contributed by atoms with Crippen molar-refractivity contribution in [2.45, 2.75) is 0 Å². The Bertz CT molecular complexity index is 1320. The van der Waals surface area contributed by atoms with E-state index in [2.05, 4.69) is 20.3 Å². The van der Waals surface area contributed by atoms with Crippen molar-refractivity contribution in [1.82, 2.24) is 15.0 Å². The van der Waals surface area contributed by atoms with Crippen LogP contribution in [-0.4, -0.2) is 27.0 Å². The highest BCUT2D eigenvalue weighted by molar-refractivity contribution is 7.16. The lowest BCUT2D eigenvalue weighted by Gasteiger charge is -2.07. The van der Waals surface area contributed by atoms with Crippen molar-refractivity contribution in [3.63, 3.8) is 0 Å². The van der Waals surface area contributed by atoms with Gasteiger partial charge in [-0.2, -0.15) is 0 Å². The Morgan fingerprint density at radius 1 is 1.21 bits per heavy atom. The number of aldehydes is 1. The Morgan fingerprint density at radius 2 is 2.14 bits per heavy atom. The number of nitrogens with zero attached hydrogens (tertiary/aromatic N) is 2. The average Bonchev–Trinajstić information content (AvgIpc) is 3.41. The Kier molecular flexibility index (Phi) is 3.77. The molecule has 0 bridgehead atoms. The number of ether oxygens (including phenoxy) is 1. The minimum Gasteiger partial charge on any atom is -0.436 e. The van der Waals surface area contributed by atoms with Gasteiger partial charge < -0.3 is 15.0 Å². The van der Waals surface area contributed by atoms with Crippen molar-refractivity contribution in [3.8, 4) is 0 Å². The molecule has 4 aromatic rings. The summed E-state index contributed by atoms with van der Waals surface area (Å²) in [6.07, 6.45) is 5.53. The molecule has 8 heteroatoms. The fourth-order valence-electron chi connectivity index (χ4n) is 3.04. The number of Topliss-reactive ketones (excluding diaryl/α,β-unsaturated/α-hetero) is 1. The summed E-state index contributed by atoms with van der Waals surface area (Å²) in [5, 5.41) is 3.88. The minimum absolute atomic E-state index is 0.0476. The molecule has 0 saturated heterocycles. The minimum atomic E-state index is -0.463. The molecule has 1 aliphatic rings. The Labute approximate surface area is 162 Å². The number of pyridine rings is 1. The normalized spacial score (nSPS) is 15.6. The number of allylic oxidation sites excluding steroid dienone is 1. The van der Waals surface area contributed by atoms with Crippen molar-refractivity contribution in [2.24, 2.45) is 0 Å². The van der Waals surface area contributed by atoms with Crippen molar-refractivity contribution in [3.05, 3.63) is 71.0 Å². The number of thiazole rings is 1. The van der Waals surface area contributed by atoms with Crippen LogP contribution in [0, 0.1) is 0 Å². The van der Waals surface area contributed by atoms with Gasteiger partial charge in [0.1, 0.15) is 11.2 Å². The number of nitrogens with one attached hydrogen (secondary N) is 2. The maximum Gasteiger partial charge on any atom is 0.236 e. The molecule has 5 rings (SSSR count). The molecule has 136 valence electrons. The standard InChI is InChI=1S/C20H12N4O3S/c25-9-14-18(26)16(6-11-8-22-19-13(11)2-1-5-21-19)27-20(14)24-12-3-4-15-17(7-12)28-10-23-15/h1-10,24H,(H,21,22)/b16-6-. The fraction of sp³-hybridized carbons (Fsp3) is 0. The first-order chi connectivity index (χ1) is 13.7. The summed E-state index contributed by atoms with van der Waals surface area (Å²) < 4.78 is 6.69. The van der Waals surface area contributed by atoms with Crippen molar-refractivity contribution < 1.29 is 14.3 Å². The summed E-state index contributed by atoms with van der Waals surface area (Å²) in [6.45, 7) is 0. The topological polar surface area (TPSA) is 97.0 Å². The lowest BCUT2D eigenvalue weighted by molar-refractivity contribution is -0.115. The molecule has 1 aromatic carbocycles. The van der Waals surface area contributed by atoms with Crippen LogP contribution in [0.4, 0.5) is 5.69 Å². The van der Waals surface area contributed by atoms with Gasteiger partial charge in [0.25, 0.3) is 0 Å². The maximum atomic E-state index is 12.6. The van der Waals surface area contributed by atoms with Gasteiger partial charge in [0, 0.05) is 29.0 Å². The molecule has 0 aliphatic carbocycles. The molecular weight excluding hydrogens is 376 g/mol. The number of hydrogen-bond donors (Lipinski definition) is 2. The van der Waals surface area contributed by atoms with E-state index in [-0.39, 0.29) is 17.2 Å². The number of carbonyl (C=O) groups is 2. The molecule has 7 nitrogen and oxygen atoms in total. The second kappa shape index (κ2) is 6.43. The van der Waals surface area contributed by atoms with Gasteiger partial charge in [-0.15, -0.1) is 11.3 Å². The van der Waals surface area contributed by atoms with Gasteiger partial charge in [-0.25, -0.2) is 9.97 Å². The van der Waals surface area contributed by atoms with E-state index in [0.29, 0.717) is 17.6 Å². The predicted octanol–water partition coefficient (Wildman–Crippen LogP) is 3.64. The summed E-state index contributed by atoms with van der Waals surface area (Å²) in [4.78, 5) is 35.6. The molecule has 0 spiro atoms. The number of hydrogen-bond acceptors (Lipinski definition) is 7. The van der Waals surface area contributed by atoms with Gasteiger partial charge in [-0.3, -0.25) is 9.59 Å². The van der Waals surface area contributed by atoms with Crippen LogP contribution in [-0.2, 0) is 14.3 Å². The number of H-pyrrole nitrogens is 1. The number of aromatic amines is 1. The Balaban J connectivity index is 1.48. The predicted molar refractivity (Wildman–Crippen MR) is 106 cm³/mol. The zero-order valence-corrected chi connectivity index (χ0v) is 15.1. The lowest BCUT2D eigenvalue weighted by atomic mass is 10.1. The molecule has 0 atom stereocenters. The summed E-state index contributed by atoms with van der Waals surface area (Å²) in [7, 11) is 0. The van der Waals surface area contributed by atoms with Crippen LogP contribution < -0.4 is 5.32 Å². The third kappa shape index (κ3) is 2.67. The van der Waals surface area contributed by atoms with Gasteiger partial charge >= 0.3 is 0 Å². The van der Waals surface area contributed by atoms with E-state index < -0.39 is 5.78 Å². The van der Waals surface area contributed by atoms with Gasteiger partial charge in [0.15, 0.2) is 12.0 Å². The molecule has 0 radical (unpaired) electrons. The largest absolute Gasteiger partial charge is 0.436 e. The summed E-state index contributed by atoms with van der Waals surface area (Å²) in [5.41, 5.74) is 4.77. The van der Waals surface area contributed by atoms with Crippen LogP contribution in [0.2, 0.25) is 0 Å². The first kappa shape index (κ1) is 16.4. The zero-order valence-electron chi connectivity index (χ0n) is 14.3. The number of fused-ring (bicyclic) bond motifs is 2. The van der Waals surface area contributed by atoms with E-state index in [1.165, 1.54) is 11.3 Å². The second-order valence-electron chi connectivity index (χ2n) is 6.10. The molecule has 2 N–H and O–H groups in total. The number of rotatable bonds is 4. The SMILES string of the molecule is O=CC1=C(Nc2ccc3ncsc3c2)O/C(=C\c2c[nH]c3ncccc23)C1=O. The molecule has 0 unspecified atom stereocenters. The van der Waals surface area contributed by atoms with Gasteiger partial charge in [0.2, 0.25) is 11.7 Å². The van der Waals surface area contributed by atoms with Crippen molar-refractivity contribution in [2.75, 3.05) is 5.32 Å². The molecule has 4 heterocycles. The van der Waals surface area contributed by atoms with E-state index in [9.17, 15) is 9.59 Å². The van der Waals surface area contributed by atoms with Gasteiger partial charge in [-0.1, -0.05) is 0 Å². The number of aromatic nitrogens is 3. The fourth-order valence-corrected chi connectivity index (χ4v) is 3.76. The number of benzene rings is 1. The lowest BCUT2D eigenvalue weighted by Crippen LogP contribution is -2.03. The van der Waals surface area contributed by atoms with Crippen LogP contribution in [0.3, 0.4) is 0 Å². The molecule has 1 aliphatic heterocycles. The second-order valence-corrected chi connectivity index (χ2v) is 6.99. The molecule has 28 heavy (non-hydrogen) atoms. The monoisotopic (exact) mass is 388 g/mol. The van der Waals surface area contributed by atoms with Crippen LogP contribution >= 0.6 is 11.3 Å². The number of carbonyl (C=O) groups excluding carboxylic acids is 2. The van der Waals surface area contributed by atoms with Crippen LogP contribution in [0.1, 0.15) is 5.56 Å². The Hall–Kier alpha value is -3.78. The van der Waals surface area contributed by atoms with Gasteiger partial charge in [0.05, 0.1) is 15.7 Å². The summed E-state index contributed by atoms with van der Waals surface area (Å²) in [5.74, 6) is -0.268. The van der Waals surface area contributed by atoms with E-state index in [1.54, 1.807) is 24.0 Å². The first-order valence-electron chi connectivity index (χ1n) is 8.39. The van der Waals surface area contributed by atoms with E-state index in [4.69, 9.17) is 4.74 Å².